The van der Waals surface area contributed by atoms with Gasteiger partial charge in [0.05, 0.1) is 25.2 Å². The number of aliphatic hydroxyl groups is 1. The molecule has 4 rings (SSSR count). The lowest BCUT2D eigenvalue weighted by molar-refractivity contribution is -0.170. The molecule has 188 valence electrons. The number of esters is 1. The Labute approximate surface area is 201 Å². The van der Waals surface area contributed by atoms with E-state index in [0.29, 0.717) is 18.8 Å². The second kappa shape index (κ2) is 10.2. The van der Waals surface area contributed by atoms with Gasteiger partial charge in [0, 0.05) is 12.8 Å². The molecule has 1 aromatic carbocycles. The number of carbonyl (C=O) groups is 1. The Kier molecular flexibility index (Phi) is 7.52. The highest BCUT2D eigenvalue weighted by Gasteiger charge is 2.72. The van der Waals surface area contributed by atoms with Crippen molar-refractivity contribution in [2.24, 2.45) is 5.92 Å². The smallest absolute Gasteiger partial charge is 0.325 e. The number of benzene rings is 1. The minimum Gasteiger partial charge on any atom is -0.491 e. The van der Waals surface area contributed by atoms with E-state index in [2.05, 4.69) is 32.2 Å². The molecule has 1 saturated carbocycles. The molecule has 1 aliphatic carbocycles. The highest BCUT2D eigenvalue weighted by Crippen LogP contribution is 2.59. The highest BCUT2D eigenvalue weighted by atomic mass is 16.6. The number of rotatable bonds is 11. The first-order valence-electron chi connectivity index (χ1n) is 12.1. The summed E-state index contributed by atoms with van der Waals surface area (Å²) in [7, 11) is 1.68. The summed E-state index contributed by atoms with van der Waals surface area (Å²) in [6.45, 7) is 7.27. The summed E-state index contributed by atoms with van der Waals surface area (Å²) in [6, 6.07) is 7.21. The molecule has 1 aromatic rings. The van der Waals surface area contributed by atoms with Gasteiger partial charge in [-0.2, -0.15) is 0 Å². The fourth-order valence-electron chi connectivity index (χ4n) is 5.29. The van der Waals surface area contributed by atoms with Crippen LogP contribution in [0.4, 0.5) is 5.69 Å². The van der Waals surface area contributed by atoms with E-state index < -0.39 is 0 Å². The molecule has 0 unspecified atom stereocenters. The molecule has 2 saturated heterocycles. The van der Waals surface area contributed by atoms with Gasteiger partial charge in [-0.15, -0.1) is 0 Å². The number of ether oxygens (including phenoxy) is 5. The van der Waals surface area contributed by atoms with Crippen molar-refractivity contribution in [3.63, 3.8) is 0 Å². The van der Waals surface area contributed by atoms with Gasteiger partial charge in [-0.05, 0) is 64.3 Å². The fourth-order valence-corrected chi connectivity index (χ4v) is 5.29. The maximum Gasteiger partial charge on any atom is 0.325 e. The van der Waals surface area contributed by atoms with Crippen LogP contribution in [-0.4, -0.2) is 74.1 Å². The predicted octanol–water partition coefficient (Wildman–Crippen LogP) is 3.09. The summed E-state index contributed by atoms with van der Waals surface area (Å²) >= 11 is 0. The molecule has 1 spiro atoms. The van der Waals surface area contributed by atoms with E-state index in [-0.39, 0.29) is 61.2 Å². The molecule has 2 N–H and O–H groups in total. The molecule has 2 aliphatic heterocycles. The molecule has 2 heterocycles. The van der Waals surface area contributed by atoms with Crippen molar-refractivity contribution in [1.29, 1.82) is 0 Å². The van der Waals surface area contributed by atoms with E-state index in [1.165, 1.54) is 5.57 Å². The Morgan fingerprint density at radius 3 is 2.65 bits per heavy atom. The first-order chi connectivity index (χ1) is 16.3. The van der Waals surface area contributed by atoms with Crippen molar-refractivity contribution in [3.05, 3.63) is 35.9 Å². The third-order valence-corrected chi connectivity index (χ3v) is 7.17. The Morgan fingerprint density at radius 2 is 2.03 bits per heavy atom. The predicted molar refractivity (Wildman–Crippen MR) is 127 cm³/mol. The lowest BCUT2D eigenvalue weighted by Gasteiger charge is -2.42. The zero-order valence-corrected chi connectivity index (χ0v) is 20.5. The third-order valence-electron chi connectivity index (χ3n) is 7.17. The Bertz CT molecular complexity index is 878. The lowest BCUT2D eigenvalue weighted by Crippen LogP contribution is -2.55. The van der Waals surface area contributed by atoms with Crippen LogP contribution in [0.3, 0.4) is 0 Å². The van der Waals surface area contributed by atoms with E-state index in [9.17, 15) is 4.79 Å². The molecule has 3 aliphatic rings. The molecule has 34 heavy (non-hydrogen) atoms. The summed E-state index contributed by atoms with van der Waals surface area (Å²) in [5, 5.41) is 11.9. The van der Waals surface area contributed by atoms with Crippen LogP contribution >= 0.6 is 0 Å². The van der Waals surface area contributed by atoms with Gasteiger partial charge in [0.15, 0.2) is 0 Å². The van der Waals surface area contributed by atoms with Crippen LogP contribution < -0.4 is 10.1 Å². The second-order valence-electron chi connectivity index (χ2n) is 9.86. The van der Waals surface area contributed by atoms with Crippen molar-refractivity contribution in [1.82, 2.24) is 0 Å². The summed E-state index contributed by atoms with van der Waals surface area (Å²) in [5.74, 6) is 0.335. The molecule has 0 aromatic heterocycles. The minimum atomic E-state index is -0.355. The van der Waals surface area contributed by atoms with Gasteiger partial charge in [-0.25, -0.2) is 0 Å². The zero-order valence-electron chi connectivity index (χ0n) is 20.5. The van der Waals surface area contributed by atoms with Gasteiger partial charge in [0.1, 0.15) is 42.3 Å². The first kappa shape index (κ1) is 25.0. The van der Waals surface area contributed by atoms with Crippen LogP contribution in [0.1, 0.15) is 40.0 Å². The number of nitrogens with one attached hydrogen (secondary N) is 1. The number of carbonyl (C=O) groups excluding carboxylic acids is 1. The van der Waals surface area contributed by atoms with Crippen LogP contribution in [0.15, 0.2) is 35.9 Å². The van der Waals surface area contributed by atoms with E-state index in [1.54, 1.807) is 19.2 Å². The van der Waals surface area contributed by atoms with Gasteiger partial charge in [0.25, 0.3) is 0 Å². The maximum atomic E-state index is 12.7. The van der Waals surface area contributed by atoms with Crippen LogP contribution in [0, 0.1) is 5.92 Å². The summed E-state index contributed by atoms with van der Waals surface area (Å²) in [6.07, 6.45) is 4.07. The average molecular weight is 476 g/mol. The molecule has 0 radical (unpaired) electrons. The standard InChI is InChI=1S/C26H37NO7/c1-17(2)5-10-21-25(3,34-21)24-23(30-4)20(11-12-26(24)16-32-26)33-22(29)15-27-18-6-8-19(9-7-18)31-14-13-28/h5-9,20-21,23-24,27-28H,10-16H2,1-4H3/t20-,21-,23-,24-,25-,26+/m1/s1. The van der Waals surface area contributed by atoms with E-state index in [0.717, 1.165) is 18.5 Å². The minimum absolute atomic E-state index is 0.00605. The number of hydrogen-bond donors (Lipinski definition) is 2. The molecule has 3 fully saturated rings. The molecule has 0 amide bonds. The quantitative estimate of drug-likeness (QED) is 0.286. The van der Waals surface area contributed by atoms with Crippen molar-refractivity contribution in [2.75, 3.05) is 38.8 Å². The maximum absolute atomic E-state index is 12.7. The van der Waals surface area contributed by atoms with E-state index in [1.807, 2.05) is 12.1 Å². The van der Waals surface area contributed by atoms with Crippen LogP contribution in [0.5, 0.6) is 5.75 Å². The number of aliphatic hydroxyl groups excluding tert-OH is 1. The Balaban J connectivity index is 1.35. The van der Waals surface area contributed by atoms with Gasteiger partial charge in [0.2, 0.25) is 0 Å². The number of hydrogen-bond acceptors (Lipinski definition) is 8. The van der Waals surface area contributed by atoms with Crippen molar-refractivity contribution in [3.8, 4) is 5.75 Å². The normalized spacial score (nSPS) is 33.8. The van der Waals surface area contributed by atoms with E-state index >= 15 is 0 Å². The first-order valence-corrected chi connectivity index (χ1v) is 12.1. The number of methoxy groups -OCH3 is 1. The van der Waals surface area contributed by atoms with Crippen molar-refractivity contribution in [2.45, 2.75) is 69.5 Å². The largest absolute Gasteiger partial charge is 0.491 e. The number of epoxide rings is 2. The van der Waals surface area contributed by atoms with Gasteiger partial charge in [-0.1, -0.05) is 11.6 Å². The molecule has 8 nitrogen and oxygen atoms in total. The lowest BCUT2D eigenvalue weighted by atomic mass is 9.68. The third kappa shape index (κ3) is 5.40. The zero-order chi connectivity index (χ0) is 24.3. The van der Waals surface area contributed by atoms with Crippen molar-refractivity contribution < 1.29 is 33.6 Å². The molecule has 8 heteroatoms. The SMILES string of the molecule is CO[C@@H]1[C@H](OC(=O)CNc2ccc(OCCO)cc2)CC[C@]2(CO2)[C@H]1[C@]1(C)O[C@@H]1CC=C(C)C. The summed E-state index contributed by atoms with van der Waals surface area (Å²) < 4.78 is 29.4. The van der Waals surface area contributed by atoms with Crippen LogP contribution in [-0.2, 0) is 23.7 Å². The molecular weight excluding hydrogens is 438 g/mol. The topological polar surface area (TPSA) is 102 Å². The van der Waals surface area contributed by atoms with Crippen LogP contribution in [0.2, 0.25) is 0 Å². The highest BCUT2D eigenvalue weighted by molar-refractivity contribution is 5.75. The van der Waals surface area contributed by atoms with Gasteiger partial charge >= 0.3 is 5.97 Å². The van der Waals surface area contributed by atoms with Crippen LogP contribution in [0.25, 0.3) is 0 Å². The Morgan fingerprint density at radius 1 is 1.29 bits per heavy atom. The Hall–Kier alpha value is -2.13. The molecular formula is C26H37NO7. The van der Waals surface area contributed by atoms with Gasteiger partial charge in [-0.3, -0.25) is 4.79 Å². The average Bonchev–Trinajstić information content (AvgIpc) is 3.74. The summed E-state index contributed by atoms with van der Waals surface area (Å²) in [4.78, 5) is 12.7. The summed E-state index contributed by atoms with van der Waals surface area (Å²) in [5.41, 5.74) is 1.46. The van der Waals surface area contributed by atoms with E-state index in [4.69, 9.17) is 28.8 Å². The van der Waals surface area contributed by atoms with Crippen molar-refractivity contribution >= 4 is 11.7 Å². The number of anilines is 1. The molecule has 6 atom stereocenters. The molecule has 0 bridgehead atoms. The van der Waals surface area contributed by atoms with Gasteiger partial charge < -0.3 is 34.1 Å². The fraction of sp³-hybridized carbons (Fsp3) is 0.654. The second-order valence-corrected chi connectivity index (χ2v) is 9.86. The number of allylic oxidation sites excluding steroid dienone is 1. The monoisotopic (exact) mass is 475 g/mol.